The van der Waals surface area contributed by atoms with Crippen molar-refractivity contribution in [2.75, 3.05) is 0 Å². The van der Waals surface area contributed by atoms with E-state index in [-0.39, 0.29) is 12.2 Å². The van der Waals surface area contributed by atoms with Crippen LogP contribution in [0.1, 0.15) is 15.9 Å². The van der Waals surface area contributed by atoms with Crippen molar-refractivity contribution in [3.05, 3.63) is 69.3 Å². The number of ether oxygens (including phenoxy) is 1. The molecule has 3 rings (SSSR count). The lowest BCUT2D eigenvalue weighted by molar-refractivity contribution is -0.139. The van der Waals surface area contributed by atoms with Crippen molar-refractivity contribution in [3.63, 3.8) is 0 Å². The molecule has 0 aliphatic rings. The zero-order valence-electron chi connectivity index (χ0n) is 11.8. The lowest BCUT2D eigenvalue weighted by Crippen LogP contribution is -2.17. The van der Waals surface area contributed by atoms with Gasteiger partial charge in [0.1, 0.15) is 6.61 Å². The Balaban J connectivity index is 1.76. The van der Waals surface area contributed by atoms with E-state index in [0.717, 1.165) is 15.6 Å². The van der Waals surface area contributed by atoms with Crippen LogP contribution in [-0.2, 0) is 16.1 Å². The minimum Gasteiger partial charge on any atom is -0.455 e. The number of rotatable bonds is 4. The molecular weight excluding hydrogens is 382 g/mol. The first-order valence-electron chi connectivity index (χ1n) is 6.77. The van der Waals surface area contributed by atoms with E-state index in [1.807, 2.05) is 12.1 Å². The summed E-state index contributed by atoms with van der Waals surface area (Å²) in [6, 6.07) is 12.4. The zero-order valence-corrected chi connectivity index (χ0v) is 14.1. The van der Waals surface area contributed by atoms with Gasteiger partial charge in [-0.25, -0.2) is 4.79 Å². The molecule has 0 aliphatic heterocycles. The molecule has 3 aromatic rings. The fourth-order valence-corrected chi connectivity index (χ4v) is 2.81. The van der Waals surface area contributed by atoms with Gasteiger partial charge in [0, 0.05) is 26.6 Å². The Labute approximate surface area is 145 Å². The number of halogens is 2. The normalized spacial score (nSPS) is 10.7. The predicted octanol–water partition coefficient (Wildman–Crippen LogP) is 4.51. The highest BCUT2D eigenvalue weighted by Gasteiger charge is 2.21. The second kappa shape index (κ2) is 6.56. The number of benzene rings is 2. The van der Waals surface area contributed by atoms with Crippen LogP contribution in [0.3, 0.4) is 0 Å². The predicted molar refractivity (Wildman–Crippen MR) is 91.6 cm³/mol. The summed E-state index contributed by atoms with van der Waals surface area (Å²) in [5.41, 5.74) is 1.79. The number of Topliss-reactive ketones (excluding diaryl/α,β-unsaturated/α-hetero) is 1. The van der Waals surface area contributed by atoms with Crippen LogP contribution >= 0.6 is 27.5 Å². The van der Waals surface area contributed by atoms with Crippen molar-refractivity contribution in [2.45, 2.75) is 6.61 Å². The number of hydrogen-bond donors (Lipinski definition) is 1. The molecule has 23 heavy (non-hydrogen) atoms. The summed E-state index contributed by atoms with van der Waals surface area (Å²) in [4.78, 5) is 27.2. The molecule has 6 heteroatoms. The fraction of sp³-hybridized carbons (Fsp3) is 0.0588. The van der Waals surface area contributed by atoms with Crippen LogP contribution in [0.5, 0.6) is 0 Å². The number of ketones is 1. The molecule has 0 saturated carbocycles. The summed E-state index contributed by atoms with van der Waals surface area (Å²) in [5.74, 6) is -1.58. The number of aromatic amines is 1. The maximum absolute atomic E-state index is 12.3. The third kappa shape index (κ3) is 3.46. The summed E-state index contributed by atoms with van der Waals surface area (Å²) in [6.07, 6.45) is 1.51. The van der Waals surface area contributed by atoms with Gasteiger partial charge in [0.15, 0.2) is 0 Å². The van der Waals surface area contributed by atoms with Gasteiger partial charge >= 0.3 is 5.97 Å². The number of fused-ring (bicyclic) bond motifs is 1. The number of nitrogens with one attached hydrogen (secondary N) is 1. The molecule has 0 fully saturated rings. The van der Waals surface area contributed by atoms with E-state index in [9.17, 15) is 9.59 Å². The Morgan fingerprint density at radius 2 is 2.00 bits per heavy atom. The van der Waals surface area contributed by atoms with Crippen LogP contribution in [0.2, 0.25) is 5.02 Å². The fourth-order valence-electron chi connectivity index (χ4n) is 2.23. The Morgan fingerprint density at radius 3 is 2.78 bits per heavy atom. The summed E-state index contributed by atoms with van der Waals surface area (Å²) >= 11 is 9.22. The number of carbonyl (C=O) groups excluding carboxylic acids is 2. The summed E-state index contributed by atoms with van der Waals surface area (Å²) < 4.78 is 5.90. The standard InChI is InChI=1S/C17H11BrClNO3/c18-11-4-5-15-13(7-11)14(8-20-15)16(21)17(22)23-9-10-2-1-3-12(19)6-10/h1-8,20H,9H2. The SMILES string of the molecule is O=C(OCc1cccc(Cl)c1)C(=O)c1c[nH]c2ccc(Br)cc12. The van der Waals surface area contributed by atoms with Crippen LogP contribution in [0.15, 0.2) is 53.1 Å². The Hall–Kier alpha value is -2.11. The molecule has 2 aromatic carbocycles. The molecule has 0 spiro atoms. The minimum absolute atomic E-state index is 0.00279. The number of carbonyl (C=O) groups is 2. The van der Waals surface area contributed by atoms with E-state index in [0.29, 0.717) is 10.4 Å². The first-order valence-corrected chi connectivity index (χ1v) is 7.94. The number of aromatic nitrogens is 1. The van der Waals surface area contributed by atoms with Gasteiger partial charge in [-0.1, -0.05) is 39.7 Å². The minimum atomic E-state index is -0.897. The van der Waals surface area contributed by atoms with E-state index >= 15 is 0 Å². The average Bonchev–Trinajstić information content (AvgIpc) is 2.95. The molecule has 0 amide bonds. The van der Waals surface area contributed by atoms with Gasteiger partial charge in [-0.05, 0) is 35.9 Å². The van der Waals surface area contributed by atoms with Gasteiger partial charge in [-0.15, -0.1) is 0 Å². The molecule has 0 bridgehead atoms. The van der Waals surface area contributed by atoms with Crippen molar-refractivity contribution < 1.29 is 14.3 Å². The topological polar surface area (TPSA) is 59.2 Å². The average molecular weight is 393 g/mol. The van der Waals surface area contributed by atoms with Crippen LogP contribution in [-0.4, -0.2) is 16.7 Å². The molecular formula is C17H11BrClNO3. The molecule has 1 N–H and O–H groups in total. The van der Waals surface area contributed by atoms with E-state index in [2.05, 4.69) is 20.9 Å². The Kier molecular flexibility index (Phi) is 4.50. The zero-order chi connectivity index (χ0) is 16.4. The van der Waals surface area contributed by atoms with Crippen molar-refractivity contribution in [1.29, 1.82) is 0 Å². The van der Waals surface area contributed by atoms with E-state index in [4.69, 9.17) is 16.3 Å². The first-order chi connectivity index (χ1) is 11.0. The van der Waals surface area contributed by atoms with Crippen LogP contribution in [0.4, 0.5) is 0 Å². The number of hydrogen-bond acceptors (Lipinski definition) is 3. The highest BCUT2D eigenvalue weighted by molar-refractivity contribution is 9.10. The second-order valence-corrected chi connectivity index (χ2v) is 6.28. The largest absolute Gasteiger partial charge is 0.455 e. The third-order valence-corrected chi connectivity index (χ3v) is 4.06. The van der Waals surface area contributed by atoms with Gasteiger partial charge in [0.25, 0.3) is 5.78 Å². The van der Waals surface area contributed by atoms with Gasteiger partial charge in [0.2, 0.25) is 0 Å². The molecule has 0 unspecified atom stereocenters. The molecule has 1 aromatic heterocycles. The van der Waals surface area contributed by atoms with Crippen LogP contribution in [0, 0.1) is 0 Å². The van der Waals surface area contributed by atoms with Gasteiger partial charge in [0.05, 0.1) is 5.56 Å². The molecule has 1 heterocycles. The second-order valence-electron chi connectivity index (χ2n) is 4.93. The van der Waals surface area contributed by atoms with Crippen molar-refractivity contribution in [1.82, 2.24) is 4.98 Å². The monoisotopic (exact) mass is 391 g/mol. The van der Waals surface area contributed by atoms with Gasteiger partial charge in [-0.2, -0.15) is 0 Å². The molecule has 0 saturated heterocycles. The highest BCUT2D eigenvalue weighted by Crippen LogP contribution is 2.23. The number of esters is 1. The number of H-pyrrole nitrogens is 1. The maximum Gasteiger partial charge on any atom is 0.380 e. The van der Waals surface area contributed by atoms with Crippen molar-refractivity contribution >= 4 is 50.2 Å². The third-order valence-electron chi connectivity index (χ3n) is 3.33. The summed E-state index contributed by atoms with van der Waals surface area (Å²) in [5, 5.41) is 1.22. The lowest BCUT2D eigenvalue weighted by atomic mass is 10.1. The van der Waals surface area contributed by atoms with Crippen LogP contribution in [0.25, 0.3) is 10.9 Å². The van der Waals surface area contributed by atoms with Gasteiger partial charge < -0.3 is 9.72 Å². The first kappa shape index (κ1) is 15.8. The Bertz CT molecular complexity index is 904. The van der Waals surface area contributed by atoms with Crippen LogP contribution < -0.4 is 0 Å². The molecule has 4 nitrogen and oxygen atoms in total. The van der Waals surface area contributed by atoms with Crippen molar-refractivity contribution in [2.24, 2.45) is 0 Å². The lowest BCUT2D eigenvalue weighted by Gasteiger charge is -2.04. The van der Waals surface area contributed by atoms with E-state index in [1.54, 1.807) is 30.3 Å². The van der Waals surface area contributed by atoms with E-state index in [1.165, 1.54) is 6.20 Å². The van der Waals surface area contributed by atoms with Crippen molar-refractivity contribution in [3.8, 4) is 0 Å². The molecule has 0 radical (unpaired) electrons. The smallest absolute Gasteiger partial charge is 0.380 e. The van der Waals surface area contributed by atoms with Gasteiger partial charge in [-0.3, -0.25) is 4.79 Å². The Morgan fingerprint density at radius 1 is 1.17 bits per heavy atom. The maximum atomic E-state index is 12.3. The summed E-state index contributed by atoms with van der Waals surface area (Å²) in [6.45, 7) is -0.00279. The molecule has 0 aliphatic carbocycles. The molecule has 116 valence electrons. The highest BCUT2D eigenvalue weighted by atomic mass is 79.9. The quantitative estimate of drug-likeness (QED) is 0.404. The molecule has 0 atom stereocenters. The summed E-state index contributed by atoms with van der Waals surface area (Å²) in [7, 11) is 0. The van der Waals surface area contributed by atoms with E-state index < -0.39 is 11.8 Å².